The Hall–Kier alpha value is -4.63. The summed E-state index contributed by atoms with van der Waals surface area (Å²) in [6.07, 6.45) is 5.60. The molecule has 3 aromatic heterocycles. The van der Waals surface area contributed by atoms with E-state index in [0.29, 0.717) is 0 Å². The number of hydrogen-bond acceptors (Lipinski definition) is 3. The number of pyridine rings is 3. The third kappa shape index (κ3) is 2.95. The number of benzene rings is 4. The van der Waals surface area contributed by atoms with E-state index in [9.17, 15) is 0 Å². The maximum atomic E-state index is 4.76. The standard InChI is InChI=1S/C31H19N3/c1-2-17-32-27(6-1)24-12-16-29(34-19-24)28-15-11-23(18-33-28)25-13-9-22-8-7-20-4-3-5-21-10-14-26(25)31(22)30(20)21/h1-19H. The molecule has 0 aliphatic heterocycles. The van der Waals surface area contributed by atoms with Gasteiger partial charge < -0.3 is 0 Å². The van der Waals surface area contributed by atoms with Crippen LogP contribution < -0.4 is 0 Å². The van der Waals surface area contributed by atoms with E-state index >= 15 is 0 Å². The Morgan fingerprint density at radius 3 is 1.76 bits per heavy atom. The van der Waals surface area contributed by atoms with E-state index in [1.54, 1.807) is 6.20 Å². The molecule has 7 rings (SSSR count). The van der Waals surface area contributed by atoms with Crippen molar-refractivity contribution in [3.05, 3.63) is 116 Å². The highest BCUT2D eigenvalue weighted by molar-refractivity contribution is 6.25. The first-order valence-corrected chi connectivity index (χ1v) is 11.4. The van der Waals surface area contributed by atoms with Gasteiger partial charge in [0.25, 0.3) is 0 Å². The smallest absolute Gasteiger partial charge is 0.0886 e. The predicted octanol–water partition coefficient (Wildman–Crippen LogP) is 7.77. The van der Waals surface area contributed by atoms with Crippen LogP contribution in [0.2, 0.25) is 0 Å². The number of aromatic nitrogens is 3. The topological polar surface area (TPSA) is 38.7 Å². The van der Waals surface area contributed by atoms with Gasteiger partial charge in [-0.3, -0.25) is 15.0 Å². The zero-order valence-electron chi connectivity index (χ0n) is 18.3. The average molecular weight is 434 g/mol. The van der Waals surface area contributed by atoms with Gasteiger partial charge in [-0.25, -0.2) is 0 Å². The summed E-state index contributed by atoms with van der Waals surface area (Å²) in [4.78, 5) is 13.8. The molecule has 0 aliphatic carbocycles. The van der Waals surface area contributed by atoms with Crippen molar-refractivity contribution < 1.29 is 0 Å². The monoisotopic (exact) mass is 433 g/mol. The molecule has 0 atom stereocenters. The average Bonchev–Trinajstić information content (AvgIpc) is 2.92. The summed E-state index contributed by atoms with van der Waals surface area (Å²) in [7, 11) is 0. The summed E-state index contributed by atoms with van der Waals surface area (Å²) in [5.41, 5.74) is 5.92. The minimum absolute atomic E-state index is 0.849. The zero-order chi connectivity index (χ0) is 22.5. The van der Waals surface area contributed by atoms with Gasteiger partial charge in [-0.1, -0.05) is 66.7 Å². The van der Waals surface area contributed by atoms with Crippen molar-refractivity contribution in [3.8, 4) is 33.8 Å². The van der Waals surface area contributed by atoms with Gasteiger partial charge in [0, 0.05) is 29.7 Å². The van der Waals surface area contributed by atoms with Crippen LogP contribution in [-0.2, 0) is 0 Å². The third-order valence-electron chi connectivity index (χ3n) is 6.59. The molecule has 7 aromatic rings. The molecule has 4 aromatic carbocycles. The highest BCUT2D eigenvalue weighted by atomic mass is 14.8. The fourth-order valence-electron chi connectivity index (χ4n) is 4.92. The van der Waals surface area contributed by atoms with Crippen LogP contribution in [0.5, 0.6) is 0 Å². The first-order chi connectivity index (χ1) is 16.8. The molecule has 3 heterocycles. The molecule has 3 nitrogen and oxygen atoms in total. The minimum atomic E-state index is 0.849. The van der Waals surface area contributed by atoms with E-state index in [1.165, 1.54) is 37.9 Å². The SMILES string of the molecule is c1ccc(-c2ccc(-c3ccc(-c4ccc5ccc6cccc7ccc4c5c67)cn3)nc2)nc1. The van der Waals surface area contributed by atoms with Crippen LogP contribution in [0.15, 0.2) is 116 Å². The summed E-state index contributed by atoms with van der Waals surface area (Å²) < 4.78 is 0. The van der Waals surface area contributed by atoms with Gasteiger partial charge in [0.15, 0.2) is 0 Å². The lowest BCUT2D eigenvalue weighted by molar-refractivity contribution is 1.24. The van der Waals surface area contributed by atoms with Crippen LogP contribution in [0.3, 0.4) is 0 Å². The van der Waals surface area contributed by atoms with Crippen molar-refractivity contribution in [2.45, 2.75) is 0 Å². The molecule has 0 spiro atoms. The van der Waals surface area contributed by atoms with Crippen molar-refractivity contribution in [1.82, 2.24) is 15.0 Å². The molecule has 0 radical (unpaired) electrons. The van der Waals surface area contributed by atoms with Crippen LogP contribution >= 0.6 is 0 Å². The molecule has 0 saturated carbocycles. The van der Waals surface area contributed by atoms with Crippen LogP contribution in [0.25, 0.3) is 66.1 Å². The highest BCUT2D eigenvalue weighted by Crippen LogP contribution is 2.39. The quantitative estimate of drug-likeness (QED) is 0.267. The van der Waals surface area contributed by atoms with E-state index in [4.69, 9.17) is 4.98 Å². The molecule has 0 unspecified atom stereocenters. The Morgan fingerprint density at radius 1 is 0.412 bits per heavy atom. The van der Waals surface area contributed by atoms with E-state index in [2.05, 4.69) is 76.7 Å². The summed E-state index contributed by atoms with van der Waals surface area (Å²) in [5, 5.41) is 7.74. The van der Waals surface area contributed by atoms with Crippen molar-refractivity contribution >= 4 is 32.3 Å². The van der Waals surface area contributed by atoms with Gasteiger partial charge in [0.05, 0.1) is 17.1 Å². The second kappa shape index (κ2) is 7.46. The van der Waals surface area contributed by atoms with E-state index in [0.717, 1.165) is 28.2 Å². The summed E-state index contributed by atoms with van der Waals surface area (Å²) in [6.45, 7) is 0. The molecule has 0 saturated heterocycles. The first kappa shape index (κ1) is 18.9. The zero-order valence-corrected chi connectivity index (χ0v) is 18.3. The van der Waals surface area contributed by atoms with Gasteiger partial charge in [0.2, 0.25) is 0 Å². The molecule has 0 bridgehead atoms. The Bertz CT molecular complexity index is 1760. The minimum Gasteiger partial charge on any atom is -0.256 e. The van der Waals surface area contributed by atoms with Gasteiger partial charge in [-0.2, -0.15) is 0 Å². The Kier molecular flexibility index (Phi) is 4.15. The normalized spacial score (nSPS) is 11.5. The van der Waals surface area contributed by atoms with Gasteiger partial charge in [-0.05, 0) is 68.2 Å². The van der Waals surface area contributed by atoms with Crippen LogP contribution in [0, 0.1) is 0 Å². The van der Waals surface area contributed by atoms with Gasteiger partial charge >= 0.3 is 0 Å². The molecule has 0 amide bonds. The molecular weight excluding hydrogens is 414 g/mol. The lowest BCUT2D eigenvalue weighted by atomic mass is 9.90. The number of hydrogen-bond donors (Lipinski definition) is 0. The fourth-order valence-corrected chi connectivity index (χ4v) is 4.92. The van der Waals surface area contributed by atoms with E-state index < -0.39 is 0 Å². The molecule has 0 N–H and O–H groups in total. The van der Waals surface area contributed by atoms with Gasteiger partial charge in [-0.15, -0.1) is 0 Å². The van der Waals surface area contributed by atoms with E-state index in [1.807, 2.05) is 42.7 Å². The number of nitrogens with zero attached hydrogens (tertiary/aromatic N) is 3. The van der Waals surface area contributed by atoms with Crippen molar-refractivity contribution in [2.75, 3.05) is 0 Å². The van der Waals surface area contributed by atoms with Crippen molar-refractivity contribution in [2.24, 2.45) is 0 Å². The lowest BCUT2D eigenvalue weighted by Gasteiger charge is -2.14. The highest BCUT2D eigenvalue weighted by Gasteiger charge is 2.12. The van der Waals surface area contributed by atoms with Crippen LogP contribution in [0.1, 0.15) is 0 Å². The first-order valence-electron chi connectivity index (χ1n) is 11.4. The number of rotatable bonds is 3. The van der Waals surface area contributed by atoms with Crippen molar-refractivity contribution in [1.29, 1.82) is 0 Å². The molecule has 0 fully saturated rings. The molecule has 0 aliphatic rings. The Labute approximate surface area is 196 Å². The third-order valence-corrected chi connectivity index (χ3v) is 6.59. The van der Waals surface area contributed by atoms with Crippen LogP contribution in [0.4, 0.5) is 0 Å². The maximum Gasteiger partial charge on any atom is 0.0886 e. The fraction of sp³-hybridized carbons (Fsp3) is 0. The van der Waals surface area contributed by atoms with Crippen LogP contribution in [-0.4, -0.2) is 15.0 Å². The summed E-state index contributed by atoms with van der Waals surface area (Å²) in [6, 6.07) is 34.0. The lowest BCUT2D eigenvalue weighted by Crippen LogP contribution is -1.91. The molecule has 3 heteroatoms. The largest absolute Gasteiger partial charge is 0.256 e. The maximum absolute atomic E-state index is 4.76. The second-order valence-electron chi connectivity index (χ2n) is 8.55. The van der Waals surface area contributed by atoms with E-state index in [-0.39, 0.29) is 0 Å². The predicted molar refractivity (Wildman–Crippen MR) is 140 cm³/mol. The summed E-state index contributed by atoms with van der Waals surface area (Å²) in [5.74, 6) is 0. The Balaban J connectivity index is 1.29. The molecular formula is C31H19N3. The van der Waals surface area contributed by atoms with Crippen molar-refractivity contribution in [3.63, 3.8) is 0 Å². The molecule has 158 valence electrons. The molecule has 34 heavy (non-hydrogen) atoms. The van der Waals surface area contributed by atoms with Gasteiger partial charge in [0.1, 0.15) is 0 Å². The second-order valence-corrected chi connectivity index (χ2v) is 8.55. The summed E-state index contributed by atoms with van der Waals surface area (Å²) >= 11 is 0. The Morgan fingerprint density at radius 2 is 1.09 bits per heavy atom.